The van der Waals surface area contributed by atoms with E-state index in [1.807, 2.05) is 0 Å². The minimum atomic E-state index is -2.79. The molecule has 0 radical (unpaired) electrons. The Morgan fingerprint density at radius 3 is 2.13 bits per heavy atom. The number of carbonyl (C=O) groups excluding carboxylic acids is 4. The number of carboxylic acid groups (broad SMARTS) is 1. The number of rotatable bonds is 7. The second-order valence-corrected chi connectivity index (χ2v) is 14.1. The predicted molar refractivity (Wildman–Crippen MR) is 173 cm³/mol. The summed E-state index contributed by atoms with van der Waals surface area (Å²) < 4.78 is 79.3. The zero-order valence-corrected chi connectivity index (χ0v) is 28.1. The average molecular weight is 781 g/mol. The highest BCUT2D eigenvalue weighted by atomic mass is 35.5. The first-order valence-corrected chi connectivity index (χ1v) is 16.5. The number of ether oxygens (including phenoxy) is 1. The van der Waals surface area contributed by atoms with Crippen molar-refractivity contribution in [3.63, 3.8) is 0 Å². The molecule has 4 aliphatic rings. The summed E-state index contributed by atoms with van der Waals surface area (Å²) in [4.78, 5) is 63.2. The smallest absolute Gasteiger partial charge is 0.339 e. The highest BCUT2D eigenvalue weighted by Gasteiger charge is 2.77. The van der Waals surface area contributed by atoms with Crippen LogP contribution in [0, 0.1) is 46.8 Å². The number of halogens is 7. The Hall–Kier alpha value is -5.06. The first kappa shape index (κ1) is 36.3. The number of fused-ring (bicyclic) bond motifs is 4. The lowest BCUT2D eigenvalue weighted by molar-refractivity contribution is -0.125. The maximum absolute atomic E-state index is 15.3. The van der Waals surface area contributed by atoms with E-state index < -0.39 is 122 Å². The Balaban J connectivity index is 1.42. The molecule has 7 rings (SSSR count). The van der Waals surface area contributed by atoms with Crippen LogP contribution >= 0.6 is 23.2 Å². The number of imide groups is 2. The molecule has 2 aliphatic carbocycles. The molecule has 2 aliphatic heterocycles. The summed E-state index contributed by atoms with van der Waals surface area (Å²) in [7, 11) is 0. The van der Waals surface area contributed by atoms with Crippen LogP contribution in [0.5, 0.6) is 11.5 Å². The fraction of sp³-hybridized carbons (Fsp3) is 0.286. The van der Waals surface area contributed by atoms with Crippen LogP contribution in [0.4, 0.5) is 33.3 Å². The van der Waals surface area contributed by atoms with Gasteiger partial charge in [-0.1, -0.05) is 29.8 Å². The number of carboxylic acids is 1. The van der Waals surface area contributed by atoms with E-state index in [4.69, 9.17) is 27.9 Å². The number of aliphatic hydroxyl groups excluding tert-OH is 1. The number of aromatic carboxylic acids is 1. The lowest BCUT2D eigenvalue weighted by atomic mass is 9.56. The quantitative estimate of drug-likeness (QED) is 0.0755. The van der Waals surface area contributed by atoms with Gasteiger partial charge in [-0.25, -0.2) is 36.5 Å². The van der Waals surface area contributed by atoms with Crippen LogP contribution in [0.25, 0.3) is 0 Å². The topological polar surface area (TPSA) is 162 Å². The molecule has 4 amide bonds. The van der Waals surface area contributed by atoms with Crippen molar-refractivity contribution in [3.05, 3.63) is 94.3 Å². The van der Waals surface area contributed by atoms with E-state index in [0.717, 1.165) is 23.1 Å². The monoisotopic (exact) mass is 780 g/mol. The molecule has 0 bridgehead atoms. The van der Waals surface area contributed by atoms with Crippen molar-refractivity contribution < 1.29 is 66.0 Å². The number of para-hydroxylation sites is 1. The van der Waals surface area contributed by atoms with Crippen molar-refractivity contribution in [2.75, 3.05) is 23.0 Å². The van der Waals surface area contributed by atoms with Gasteiger partial charge in [0.25, 0.3) is 11.8 Å². The number of benzene rings is 3. The number of hydrogen-bond donors (Lipinski definition) is 3. The molecule has 3 aromatic carbocycles. The van der Waals surface area contributed by atoms with Crippen LogP contribution in [0.1, 0.15) is 34.7 Å². The van der Waals surface area contributed by atoms with E-state index >= 15 is 8.78 Å². The highest BCUT2D eigenvalue weighted by Crippen LogP contribution is 2.66. The van der Waals surface area contributed by atoms with Crippen LogP contribution in [0.15, 0.2) is 54.1 Å². The van der Waals surface area contributed by atoms with Gasteiger partial charge in [-0.15, -0.1) is 23.2 Å². The van der Waals surface area contributed by atoms with E-state index in [-0.39, 0.29) is 40.5 Å². The maximum Gasteiger partial charge on any atom is 0.339 e. The number of nitrogens with zero attached hydrogens (tertiary/aromatic N) is 2. The number of amides is 4. The largest absolute Gasteiger partial charge is 0.507 e. The second kappa shape index (κ2) is 12.5. The van der Waals surface area contributed by atoms with E-state index in [1.165, 1.54) is 30.3 Å². The van der Waals surface area contributed by atoms with E-state index in [1.54, 1.807) is 0 Å². The maximum atomic E-state index is 15.3. The van der Waals surface area contributed by atoms with Crippen molar-refractivity contribution in [1.29, 1.82) is 0 Å². The first-order valence-electron chi connectivity index (χ1n) is 15.8. The molecule has 1 saturated carbocycles. The van der Waals surface area contributed by atoms with Gasteiger partial charge in [0.2, 0.25) is 17.6 Å². The molecule has 3 N–H and O–H groups in total. The van der Waals surface area contributed by atoms with Crippen LogP contribution in [-0.2, 0) is 19.2 Å². The fourth-order valence-electron chi connectivity index (χ4n) is 8.01. The normalized spacial score (nSPS) is 27.8. The Labute approximate surface area is 304 Å². The Morgan fingerprint density at radius 2 is 1.51 bits per heavy atom. The lowest BCUT2D eigenvalue weighted by Gasteiger charge is -2.50. The molecule has 2 heterocycles. The number of hydrogen-bond acceptors (Lipinski definition) is 8. The number of aromatic hydroxyl groups is 1. The summed E-state index contributed by atoms with van der Waals surface area (Å²) in [6.07, 6.45) is 0.560. The van der Waals surface area contributed by atoms with Crippen molar-refractivity contribution in [1.82, 2.24) is 0 Å². The molecule has 3 aromatic rings. The fourth-order valence-corrected chi connectivity index (χ4v) is 8.94. The third-order valence-corrected chi connectivity index (χ3v) is 11.7. The number of anilines is 2. The average Bonchev–Trinajstić information content (AvgIpc) is 3.47. The summed E-state index contributed by atoms with van der Waals surface area (Å²) >= 11 is 14.3. The van der Waals surface area contributed by atoms with Gasteiger partial charge in [-0.2, -0.15) is 0 Å². The molecule has 0 aromatic heterocycles. The Morgan fingerprint density at radius 1 is 0.868 bits per heavy atom. The molecule has 53 heavy (non-hydrogen) atoms. The SMILES string of the molecule is O=C(O)c1ccc(N2C(=O)C3CC=C4C(CC5(Cl)C(=O)N(c6c(F)c(F)c(F)c(F)c6F)C(=O)C5(Cl)C4c4ccccc4OCCO)C3C2=O)cc1O. The van der Waals surface area contributed by atoms with Gasteiger partial charge in [0.1, 0.15) is 29.4 Å². The van der Waals surface area contributed by atoms with E-state index in [9.17, 15) is 52.5 Å². The van der Waals surface area contributed by atoms with Gasteiger partial charge in [-0.3, -0.25) is 19.2 Å². The zero-order valence-electron chi connectivity index (χ0n) is 26.6. The summed E-state index contributed by atoms with van der Waals surface area (Å²) in [5, 5.41) is 29.1. The zero-order chi connectivity index (χ0) is 38.5. The molecular formula is C35H23Cl2F5N2O9. The third kappa shape index (κ3) is 4.84. The summed E-state index contributed by atoms with van der Waals surface area (Å²) in [6.45, 7) is -0.780. The van der Waals surface area contributed by atoms with Crippen molar-refractivity contribution >= 4 is 64.2 Å². The third-order valence-electron chi connectivity index (χ3n) is 10.3. The van der Waals surface area contributed by atoms with Gasteiger partial charge < -0.3 is 20.1 Å². The van der Waals surface area contributed by atoms with Gasteiger partial charge in [-0.05, 0) is 37.0 Å². The molecule has 3 fully saturated rings. The lowest BCUT2D eigenvalue weighted by Crippen LogP contribution is -2.60. The number of aliphatic hydroxyl groups is 1. The van der Waals surface area contributed by atoms with Crippen molar-refractivity contribution in [2.45, 2.75) is 28.5 Å². The predicted octanol–water partition coefficient (Wildman–Crippen LogP) is 4.93. The number of carbonyl (C=O) groups is 5. The second-order valence-electron chi connectivity index (χ2n) is 12.8. The summed E-state index contributed by atoms with van der Waals surface area (Å²) in [6, 6.07) is 8.77. The minimum absolute atomic E-state index is 0.0198. The molecule has 6 atom stereocenters. The number of allylic oxidation sites excluding steroid dienone is 2. The highest BCUT2D eigenvalue weighted by molar-refractivity contribution is 6.58. The van der Waals surface area contributed by atoms with Gasteiger partial charge in [0.15, 0.2) is 33.0 Å². The number of alkyl halides is 2. The first-order chi connectivity index (χ1) is 25.0. The summed E-state index contributed by atoms with van der Waals surface area (Å²) in [5.41, 5.74) is -2.45. The molecule has 11 nitrogen and oxygen atoms in total. The van der Waals surface area contributed by atoms with Crippen molar-refractivity contribution in [2.24, 2.45) is 17.8 Å². The van der Waals surface area contributed by atoms with E-state index in [0.29, 0.717) is 0 Å². The Kier molecular flexibility index (Phi) is 8.58. The summed E-state index contributed by atoms with van der Waals surface area (Å²) in [5.74, 6) is -25.1. The molecule has 6 unspecified atom stereocenters. The van der Waals surface area contributed by atoms with Gasteiger partial charge in [0.05, 0.1) is 24.1 Å². The molecule has 0 spiro atoms. The molecular weight excluding hydrogens is 758 g/mol. The van der Waals surface area contributed by atoms with Crippen LogP contribution in [-0.4, -0.2) is 67.9 Å². The van der Waals surface area contributed by atoms with Crippen LogP contribution < -0.4 is 14.5 Å². The standard InChI is InChI=1S/C35H23Cl2F5N2O9/c36-34-12-18-14(7-8-17-21(18)30(48)43(29(17)47)13-5-6-15(31(49)50)19(46)11-13)22(16-3-1-2-4-20(16)53-10-9-45)35(34,37)33(52)44(32(34)51)28-26(41)24(39)23(38)25(40)27(28)42/h1-7,11,17-18,21-22,45-46H,8-10,12H2,(H,49,50). The van der Waals surface area contributed by atoms with Crippen LogP contribution in [0.2, 0.25) is 0 Å². The van der Waals surface area contributed by atoms with Gasteiger partial charge in [0, 0.05) is 17.5 Å². The van der Waals surface area contributed by atoms with Crippen LogP contribution in [0.3, 0.4) is 0 Å². The van der Waals surface area contributed by atoms with Gasteiger partial charge >= 0.3 is 5.97 Å². The van der Waals surface area contributed by atoms with Crippen molar-refractivity contribution in [3.8, 4) is 11.5 Å². The molecule has 18 heteroatoms. The molecule has 276 valence electrons. The van der Waals surface area contributed by atoms with E-state index in [2.05, 4.69) is 0 Å². The minimum Gasteiger partial charge on any atom is -0.507 e. The molecule has 2 saturated heterocycles. The Bertz CT molecular complexity index is 2190. The number of phenols is 1.